The molecule has 34 heavy (non-hydrogen) atoms. The van der Waals surface area contributed by atoms with Crippen LogP contribution in [0.3, 0.4) is 0 Å². The van der Waals surface area contributed by atoms with Crippen LogP contribution in [0.4, 0.5) is 5.82 Å². The number of aliphatic imine (C=N–C) groups is 1. The third-order valence-electron chi connectivity index (χ3n) is 4.60. The van der Waals surface area contributed by atoms with E-state index in [1.54, 1.807) is 20.4 Å². The minimum atomic E-state index is -0.594. The van der Waals surface area contributed by atoms with E-state index in [-0.39, 0.29) is 0 Å². The standard InChI is InChI=1S/C14H21BrN2O3.C10H9BrN2O/c1-4-19-14(20-5-2)13(16)17-9-10-8-11(15)6-7-12(10)18-3;1-14-9-3-2-8(11)6-4-10(12)13-5-7(6)9/h6-8,14H,4-5,9H2,1-3H3,(H2,16,17);2-5H,1H3,(H2,12,13). The number of benzene rings is 2. The van der Waals surface area contributed by atoms with Gasteiger partial charge in [-0.1, -0.05) is 31.9 Å². The van der Waals surface area contributed by atoms with Gasteiger partial charge in [-0.2, -0.15) is 0 Å². The number of hydrogen-bond donors (Lipinski definition) is 2. The molecule has 4 N–H and O–H groups in total. The molecule has 3 rings (SSSR count). The molecule has 0 aliphatic carbocycles. The van der Waals surface area contributed by atoms with Crippen LogP contribution in [0.25, 0.3) is 10.8 Å². The summed E-state index contributed by atoms with van der Waals surface area (Å²) in [5, 5.41) is 1.97. The van der Waals surface area contributed by atoms with Crippen LogP contribution >= 0.6 is 31.9 Å². The number of halogens is 2. The lowest BCUT2D eigenvalue weighted by Crippen LogP contribution is -2.34. The molecule has 0 atom stereocenters. The highest BCUT2D eigenvalue weighted by Gasteiger charge is 2.13. The van der Waals surface area contributed by atoms with Gasteiger partial charge in [0.1, 0.15) is 17.3 Å². The Bertz CT molecular complexity index is 1110. The first-order valence-electron chi connectivity index (χ1n) is 10.6. The number of pyridine rings is 1. The number of ether oxygens (including phenoxy) is 4. The summed E-state index contributed by atoms with van der Waals surface area (Å²) in [4.78, 5) is 8.36. The van der Waals surface area contributed by atoms with Gasteiger partial charge in [0.2, 0.25) is 6.29 Å². The first-order chi connectivity index (χ1) is 16.3. The SMILES string of the molecule is CCOC(OCC)C(N)=NCc1cc(Br)ccc1OC.COc1ccc(Br)c2cc(N)ncc12. The molecular formula is C24H30Br2N4O4. The Morgan fingerprint density at radius 2 is 1.62 bits per heavy atom. The Morgan fingerprint density at radius 3 is 2.24 bits per heavy atom. The van der Waals surface area contributed by atoms with Crippen LogP contribution < -0.4 is 20.9 Å². The number of rotatable bonds is 9. The molecule has 0 saturated heterocycles. The van der Waals surface area contributed by atoms with Crippen LogP contribution in [0.1, 0.15) is 19.4 Å². The predicted octanol–water partition coefficient (Wildman–Crippen LogP) is 5.30. The van der Waals surface area contributed by atoms with Gasteiger partial charge in [0.15, 0.2) is 5.84 Å². The summed E-state index contributed by atoms with van der Waals surface area (Å²) in [7, 11) is 3.27. The Balaban J connectivity index is 0.000000254. The van der Waals surface area contributed by atoms with Crippen LogP contribution in [0.15, 0.2) is 56.5 Å². The monoisotopic (exact) mass is 596 g/mol. The summed E-state index contributed by atoms with van der Waals surface area (Å²) in [6, 6.07) is 11.4. The summed E-state index contributed by atoms with van der Waals surface area (Å²) < 4.78 is 23.3. The topological polar surface area (TPSA) is 114 Å². The highest BCUT2D eigenvalue weighted by Crippen LogP contribution is 2.31. The zero-order valence-corrected chi connectivity index (χ0v) is 22.9. The van der Waals surface area contributed by atoms with Crippen molar-refractivity contribution in [3.8, 4) is 11.5 Å². The van der Waals surface area contributed by atoms with Gasteiger partial charge in [0.05, 0.1) is 20.8 Å². The van der Waals surface area contributed by atoms with E-state index in [0.717, 1.165) is 36.8 Å². The van der Waals surface area contributed by atoms with Gasteiger partial charge >= 0.3 is 0 Å². The Labute approximate surface area is 216 Å². The third-order valence-corrected chi connectivity index (χ3v) is 5.79. The molecule has 3 aromatic rings. The zero-order chi connectivity index (χ0) is 25.1. The summed E-state index contributed by atoms with van der Waals surface area (Å²) in [6.45, 7) is 5.21. The molecule has 0 radical (unpaired) electrons. The lowest BCUT2D eigenvalue weighted by Gasteiger charge is -2.16. The van der Waals surface area contributed by atoms with Crippen molar-refractivity contribution >= 4 is 54.3 Å². The molecule has 0 saturated carbocycles. The van der Waals surface area contributed by atoms with Crippen molar-refractivity contribution in [1.82, 2.24) is 4.98 Å². The van der Waals surface area contributed by atoms with Crippen molar-refractivity contribution < 1.29 is 18.9 Å². The summed E-state index contributed by atoms with van der Waals surface area (Å²) >= 11 is 6.88. The molecule has 0 aliphatic heterocycles. The normalized spacial score (nSPS) is 11.3. The predicted molar refractivity (Wildman–Crippen MR) is 143 cm³/mol. The van der Waals surface area contributed by atoms with Gasteiger partial charge in [-0.15, -0.1) is 0 Å². The second-order valence-electron chi connectivity index (χ2n) is 6.84. The maximum atomic E-state index is 5.91. The molecule has 0 aliphatic rings. The minimum Gasteiger partial charge on any atom is -0.496 e. The van der Waals surface area contributed by atoms with Gasteiger partial charge in [-0.3, -0.25) is 4.99 Å². The number of nitrogens with zero attached hydrogens (tertiary/aromatic N) is 2. The third kappa shape index (κ3) is 7.83. The van der Waals surface area contributed by atoms with E-state index in [1.807, 2.05) is 50.2 Å². The van der Waals surface area contributed by atoms with Crippen molar-refractivity contribution in [2.45, 2.75) is 26.7 Å². The molecule has 0 unspecified atom stereocenters. The number of methoxy groups -OCH3 is 2. The Hall–Kier alpha value is -2.40. The average Bonchev–Trinajstić information content (AvgIpc) is 2.83. The lowest BCUT2D eigenvalue weighted by atomic mass is 10.1. The van der Waals surface area contributed by atoms with Gasteiger partial charge < -0.3 is 30.4 Å². The summed E-state index contributed by atoms with van der Waals surface area (Å²) in [6.07, 6.45) is 1.12. The number of aromatic nitrogens is 1. The lowest BCUT2D eigenvalue weighted by molar-refractivity contribution is -0.0907. The molecule has 0 fully saturated rings. The van der Waals surface area contributed by atoms with E-state index in [9.17, 15) is 0 Å². The molecule has 0 bridgehead atoms. The molecule has 184 valence electrons. The smallest absolute Gasteiger partial charge is 0.216 e. The molecule has 8 nitrogen and oxygen atoms in total. The number of anilines is 1. The average molecular weight is 598 g/mol. The first kappa shape index (κ1) is 27.8. The number of nitrogens with two attached hydrogens (primary N) is 2. The molecular weight excluding hydrogens is 568 g/mol. The Morgan fingerprint density at radius 1 is 0.971 bits per heavy atom. The number of fused-ring (bicyclic) bond motifs is 1. The van der Waals surface area contributed by atoms with E-state index < -0.39 is 6.29 Å². The highest BCUT2D eigenvalue weighted by atomic mass is 79.9. The first-order valence-corrected chi connectivity index (χ1v) is 12.2. The zero-order valence-electron chi connectivity index (χ0n) is 19.7. The number of amidine groups is 1. The van der Waals surface area contributed by atoms with Crippen LogP contribution in [-0.4, -0.2) is 44.5 Å². The largest absolute Gasteiger partial charge is 0.496 e. The fourth-order valence-corrected chi connectivity index (χ4v) is 3.88. The summed E-state index contributed by atoms with van der Waals surface area (Å²) in [5.74, 6) is 2.41. The second kappa shape index (κ2) is 14.1. The molecule has 0 amide bonds. The maximum absolute atomic E-state index is 5.91. The number of nitrogen functional groups attached to an aromatic ring is 1. The van der Waals surface area contributed by atoms with E-state index in [1.165, 1.54) is 0 Å². The fourth-order valence-electron chi connectivity index (χ4n) is 3.02. The molecule has 10 heteroatoms. The van der Waals surface area contributed by atoms with Gasteiger partial charge in [-0.05, 0) is 50.2 Å². The van der Waals surface area contributed by atoms with Crippen LogP contribution in [0.2, 0.25) is 0 Å². The highest BCUT2D eigenvalue weighted by molar-refractivity contribution is 9.11. The van der Waals surface area contributed by atoms with Gasteiger partial charge in [-0.25, -0.2) is 4.98 Å². The van der Waals surface area contributed by atoms with Crippen molar-refractivity contribution in [3.63, 3.8) is 0 Å². The fraction of sp³-hybridized carbons (Fsp3) is 0.333. The quantitative estimate of drug-likeness (QED) is 0.195. The van der Waals surface area contributed by atoms with E-state index >= 15 is 0 Å². The number of hydrogen-bond acceptors (Lipinski definition) is 7. The summed E-state index contributed by atoms with van der Waals surface area (Å²) in [5.41, 5.74) is 12.5. The Kier molecular flexibility index (Phi) is 11.5. The van der Waals surface area contributed by atoms with Crippen LogP contribution in [0.5, 0.6) is 11.5 Å². The van der Waals surface area contributed by atoms with Crippen molar-refractivity contribution in [1.29, 1.82) is 0 Å². The van der Waals surface area contributed by atoms with E-state index in [0.29, 0.717) is 31.4 Å². The van der Waals surface area contributed by atoms with Gasteiger partial charge in [0.25, 0.3) is 0 Å². The van der Waals surface area contributed by atoms with Gasteiger partial charge in [0, 0.05) is 44.7 Å². The van der Waals surface area contributed by atoms with Crippen LogP contribution in [-0.2, 0) is 16.0 Å². The molecule has 0 spiro atoms. The van der Waals surface area contributed by atoms with E-state index in [4.69, 9.17) is 30.4 Å². The molecule has 1 heterocycles. The molecule has 2 aromatic carbocycles. The molecule has 1 aromatic heterocycles. The van der Waals surface area contributed by atoms with E-state index in [2.05, 4.69) is 41.8 Å². The second-order valence-corrected chi connectivity index (χ2v) is 8.61. The minimum absolute atomic E-state index is 0.329. The van der Waals surface area contributed by atoms with Crippen molar-refractivity contribution in [2.75, 3.05) is 33.2 Å². The van der Waals surface area contributed by atoms with Crippen LogP contribution in [0, 0.1) is 0 Å². The van der Waals surface area contributed by atoms with Crippen molar-refractivity contribution in [3.05, 3.63) is 57.1 Å². The maximum Gasteiger partial charge on any atom is 0.216 e. The van der Waals surface area contributed by atoms with Crippen molar-refractivity contribution in [2.24, 2.45) is 10.7 Å².